The topological polar surface area (TPSA) is 12.0 Å². The summed E-state index contributed by atoms with van der Waals surface area (Å²) in [6.07, 6.45) is 1.08. The fraction of sp³-hybridized carbons (Fsp3) is 0.286. The second-order valence-corrected chi connectivity index (χ2v) is 7.15. The Morgan fingerprint density at radius 3 is 2.72 bits per heavy atom. The fourth-order valence-corrected chi connectivity index (χ4v) is 4.24. The van der Waals surface area contributed by atoms with Crippen molar-refractivity contribution in [3.63, 3.8) is 0 Å². The molecule has 1 aliphatic heterocycles. The van der Waals surface area contributed by atoms with E-state index in [0.717, 1.165) is 24.5 Å². The zero-order chi connectivity index (χ0) is 12.6. The van der Waals surface area contributed by atoms with E-state index in [0.29, 0.717) is 0 Å². The van der Waals surface area contributed by atoms with Crippen LogP contribution in [0.25, 0.3) is 0 Å². The largest absolute Gasteiger partial charge is 0.315 e. The van der Waals surface area contributed by atoms with Gasteiger partial charge in [0.1, 0.15) is 0 Å². The molecule has 1 N–H and O–H groups in total. The standard InChI is InChI=1S/C14H13BrClNS/c15-11-5-13(18-7-11)6-14(8-17-9-14)10-2-1-3-12(16)4-10/h1-5,7,17H,6,8-9H2. The van der Waals surface area contributed by atoms with Crippen molar-refractivity contribution in [2.75, 3.05) is 13.1 Å². The van der Waals surface area contributed by atoms with Gasteiger partial charge in [0.2, 0.25) is 0 Å². The molecule has 1 aliphatic rings. The number of thiophene rings is 1. The van der Waals surface area contributed by atoms with Crippen molar-refractivity contribution in [3.05, 3.63) is 55.6 Å². The van der Waals surface area contributed by atoms with E-state index in [1.807, 2.05) is 23.5 Å². The summed E-state index contributed by atoms with van der Waals surface area (Å²) >= 11 is 11.5. The number of hydrogen-bond acceptors (Lipinski definition) is 2. The maximum Gasteiger partial charge on any atom is 0.0408 e. The molecule has 94 valence electrons. The van der Waals surface area contributed by atoms with Crippen LogP contribution in [0.1, 0.15) is 10.4 Å². The molecule has 1 fully saturated rings. The lowest BCUT2D eigenvalue weighted by molar-refractivity contribution is 0.276. The molecule has 4 heteroatoms. The Hall–Kier alpha value is -0.350. The van der Waals surface area contributed by atoms with Gasteiger partial charge in [-0.3, -0.25) is 0 Å². The number of rotatable bonds is 3. The van der Waals surface area contributed by atoms with Crippen LogP contribution in [-0.2, 0) is 11.8 Å². The SMILES string of the molecule is Clc1cccc(C2(Cc3cc(Br)cs3)CNC2)c1. The van der Waals surface area contributed by atoms with Gasteiger partial charge in [-0.1, -0.05) is 23.7 Å². The van der Waals surface area contributed by atoms with Crippen molar-refractivity contribution < 1.29 is 0 Å². The van der Waals surface area contributed by atoms with Crippen molar-refractivity contribution in [1.82, 2.24) is 5.32 Å². The fourth-order valence-electron chi connectivity index (χ4n) is 2.46. The Labute approximate surface area is 124 Å². The van der Waals surface area contributed by atoms with E-state index < -0.39 is 0 Å². The highest BCUT2D eigenvalue weighted by Crippen LogP contribution is 2.35. The highest BCUT2D eigenvalue weighted by Gasteiger charge is 2.39. The lowest BCUT2D eigenvalue weighted by Crippen LogP contribution is -2.58. The summed E-state index contributed by atoms with van der Waals surface area (Å²) in [6, 6.07) is 10.5. The van der Waals surface area contributed by atoms with E-state index in [1.165, 1.54) is 14.9 Å². The highest BCUT2D eigenvalue weighted by molar-refractivity contribution is 9.10. The number of nitrogens with one attached hydrogen (secondary N) is 1. The normalized spacial score (nSPS) is 17.4. The predicted molar refractivity (Wildman–Crippen MR) is 81.7 cm³/mol. The molecule has 0 amide bonds. The van der Waals surface area contributed by atoms with Gasteiger partial charge in [0.15, 0.2) is 0 Å². The molecule has 1 nitrogen and oxygen atoms in total. The van der Waals surface area contributed by atoms with Crippen molar-refractivity contribution in [2.24, 2.45) is 0 Å². The monoisotopic (exact) mass is 341 g/mol. The molecular formula is C14H13BrClNS. The van der Waals surface area contributed by atoms with Gasteiger partial charge in [-0.05, 0) is 46.1 Å². The van der Waals surface area contributed by atoms with Crippen LogP contribution >= 0.6 is 38.9 Å². The summed E-state index contributed by atoms with van der Waals surface area (Å²) in [4.78, 5) is 1.42. The molecule has 2 aromatic rings. The average Bonchev–Trinajstić information content (AvgIpc) is 2.69. The Kier molecular flexibility index (Phi) is 3.50. The predicted octanol–water partition coefficient (Wildman–Crippen LogP) is 4.25. The quantitative estimate of drug-likeness (QED) is 0.879. The molecule has 18 heavy (non-hydrogen) atoms. The minimum atomic E-state index is 0.217. The summed E-state index contributed by atoms with van der Waals surface area (Å²) < 4.78 is 1.18. The van der Waals surface area contributed by atoms with Gasteiger partial charge in [-0.25, -0.2) is 0 Å². The summed E-state index contributed by atoms with van der Waals surface area (Å²) in [7, 11) is 0. The zero-order valence-electron chi connectivity index (χ0n) is 9.75. The van der Waals surface area contributed by atoms with Gasteiger partial charge < -0.3 is 5.32 Å². The van der Waals surface area contributed by atoms with E-state index in [4.69, 9.17) is 11.6 Å². The molecule has 0 radical (unpaired) electrons. The Morgan fingerprint density at radius 1 is 1.33 bits per heavy atom. The third kappa shape index (κ3) is 2.37. The maximum absolute atomic E-state index is 6.11. The van der Waals surface area contributed by atoms with Crippen LogP contribution in [0.5, 0.6) is 0 Å². The third-order valence-corrected chi connectivity index (χ3v) is 5.43. The second kappa shape index (κ2) is 4.97. The first-order valence-corrected chi connectivity index (χ1v) is 7.93. The van der Waals surface area contributed by atoms with Crippen LogP contribution in [0.4, 0.5) is 0 Å². The maximum atomic E-state index is 6.11. The molecule has 0 atom stereocenters. The number of hydrogen-bond donors (Lipinski definition) is 1. The Balaban J connectivity index is 1.90. The summed E-state index contributed by atoms with van der Waals surface area (Å²) in [5.41, 5.74) is 1.56. The number of benzene rings is 1. The summed E-state index contributed by atoms with van der Waals surface area (Å²) in [5.74, 6) is 0. The molecule has 0 spiro atoms. The van der Waals surface area contributed by atoms with Gasteiger partial charge in [-0.2, -0.15) is 0 Å². The molecule has 3 rings (SSSR count). The first-order valence-electron chi connectivity index (χ1n) is 5.88. The van der Waals surface area contributed by atoms with Crippen LogP contribution in [-0.4, -0.2) is 13.1 Å². The molecule has 2 heterocycles. The Morgan fingerprint density at radius 2 is 2.17 bits per heavy atom. The average molecular weight is 343 g/mol. The minimum absolute atomic E-state index is 0.217. The highest BCUT2D eigenvalue weighted by atomic mass is 79.9. The van der Waals surface area contributed by atoms with E-state index in [2.05, 4.69) is 44.8 Å². The molecule has 0 bridgehead atoms. The number of halogens is 2. The molecular weight excluding hydrogens is 330 g/mol. The van der Waals surface area contributed by atoms with Crippen molar-refractivity contribution >= 4 is 38.9 Å². The van der Waals surface area contributed by atoms with Crippen molar-refractivity contribution in [3.8, 4) is 0 Å². The lowest BCUT2D eigenvalue weighted by Gasteiger charge is -2.43. The van der Waals surface area contributed by atoms with Gasteiger partial charge >= 0.3 is 0 Å². The third-order valence-electron chi connectivity index (χ3n) is 3.50. The van der Waals surface area contributed by atoms with E-state index in [1.54, 1.807) is 0 Å². The van der Waals surface area contributed by atoms with Gasteiger partial charge in [0, 0.05) is 38.3 Å². The lowest BCUT2D eigenvalue weighted by atomic mass is 9.72. The van der Waals surface area contributed by atoms with Crippen LogP contribution in [0.3, 0.4) is 0 Å². The first kappa shape index (κ1) is 12.7. The molecule has 1 aromatic heterocycles. The van der Waals surface area contributed by atoms with Crippen LogP contribution in [0, 0.1) is 0 Å². The van der Waals surface area contributed by atoms with Crippen molar-refractivity contribution in [2.45, 2.75) is 11.8 Å². The molecule has 0 unspecified atom stereocenters. The van der Waals surface area contributed by atoms with E-state index >= 15 is 0 Å². The zero-order valence-corrected chi connectivity index (χ0v) is 12.9. The van der Waals surface area contributed by atoms with Gasteiger partial charge in [0.05, 0.1) is 0 Å². The van der Waals surface area contributed by atoms with Crippen LogP contribution in [0.2, 0.25) is 5.02 Å². The van der Waals surface area contributed by atoms with Crippen LogP contribution < -0.4 is 5.32 Å². The smallest absolute Gasteiger partial charge is 0.0408 e. The van der Waals surface area contributed by atoms with E-state index in [-0.39, 0.29) is 5.41 Å². The molecule has 0 saturated carbocycles. The van der Waals surface area contributed by atoms with Gasteiger partial charge in [-0.15, -0.1) is 11.3 Å². The molecule has 0 aliphatic carbocycles. The molecule has 1 saturated heterocycles. The molecule has 1 aromatic carbocycles. The van der Waals surface area contributed by atoms with Gasteiger partial charge in [0.25, 0.3) is 0 Å². The van der Waals surface area contributed by atoms with Crippen molar-refractivity contribution in [1.29, 1.82) is 0 Å². The second-order valence-electron chi connectivity index (χ2n) is 4.80. The minimum Gasteiger partial charge on any atom is -0.315 e. The van der Waals surface area contributed by atoms with Crippen LogP contribution in [0.15, 0.2) is 40.2 Å². The van der Waals surface area contributed by atoms with E-state index in [9.17, 15) is 0 Å². The first-order chi connectivity index (χ1) is 8.68. The Bertz CT molecular complexity index is 562. The summed E-state index contributed by atoms with van der Waals surface area (Å²) in [6.45, 7) is 2.06. The summed E-state index contributed by atoms with van der Waals surface area (Å²) in [5, 5.41) is 6.37.